The van der Waals surface area contributed by atoms with E-state index in [1.807, 2.05) is 66.7 Å². The fourth-order valence-electron chi connectivity index (χ4n) is 2.62. The summed E-state index contributed by atoms with van der Waals surface area (Å²) in [4.78, 5) is 11.5. The second-order valence-corrected chi connectivity index (χ2v) is 6.15. The van der Waals surface area contributed by atoms with Crippen molar-refractivity contribution in [3.8, 4) is 11.5 Å². The molecule has 0 aliphatic heterocycles. The molecule has 0 aliphatic rings. The molecular weight excluding hydrogens is 340 g/mol. The van der Waals surface area contributed by atoms with E-state index in [2.05, 4.69) is 6.58 Å². The monoisotopic (exact) mass is 362 g/mol. The highest BCUT2D eigenvalue weighted by atomic mass is 16.6. The first-order chi connectivity index (χ1) is 13.1. The number of carbonyl (C=O) groups excluding carboxylic acids is 1. The molecule has 0 aromatic heterocycles. The molecule has 0 heterocycles. The van der Waals surface area contributed by atoms with Gasteiger partial charge >= 0.3 is 5.97 Å². The Kier molecular flexibility index (Phi) is 6.10. The number of rotatable bonds is 8. The van der Waals surface area contributed by atoms with Gasteiger partial charge in [-0.1, -0.05) is 67.2 Å². The molecular formula is C23H22O4. The summed E-state index contributed by atoms with van der Waals surface area (Å²) in [6, 6.07) is 21.8. The molecule has 3 aromatic rings. The zero-order chi connectivity index (χ0) is 19.1. The molecule has 138 valence electrons. The molecule has 0 atom stereocenters. The van der Waals surface area contributed by atoms with Gasteiger partial charge in [0, 0.05) is 11.0 Å². The zero-order valence-electron chi connectivity index (χ0n) is 15.3. The van der Waals surface area contributed by atoms with E-state index in [9.17, 15) is 4.79 Å². The fourth-order valence-corrected chi connectivity index (χ4v) is 2.62. The van der Waals surface area contributed by atoms with E-state index in [0.29, 0.717) is 23.7 Å². The van der Waals surface area contributed by atoms with Crippen LogP contribution in [0.2, 0.25) is 0 Å². The first-order valence-electron chi connectivity index (χ1n) is 8.79. The number of fused-ring (bicyclic) bond motifs is 1. The van der Waals surface area contributed by atoms with Crippen molar-refractivity contribution in [3.63, 3.8) is 0 Å². The summed E-state index contributed by atoms with van der Waals surface area (Å²) < 4.78 is 17.0. The largest absolute Gasteiger partial charge is 0.486 e. The van der Waals surface area contributed by atoms with Gasteiger partial charge in [0.25, 0.3) is 0 Å². The van der Waals surface area contributed by atoms with E-state index in [0.717, 1.165) is 16.3 Å². The third-order valence-corrected chi connectivity index (χ3v) is 3.99. The molecule has 27 heavy (non-hydrogen) atoms. The molecule has 0 radical (unpaired) electrons. The van der Waals surface area contributed by atoms with Gasteiger partial charge in [0.1, 0.15) is 19.8 Å². The van der Waals surface area contributed by atoms with Gasteiger partial charge in [-0.05, 0) is 23.9 Å². The summed E-state index contributed by atoms with van der Waals surface area (Å²) in [6.45, 7) is 6.00. The molecule has 0 unspecified atom stereocenters. The molecule has 3 aromatic carbocycles. The van der Waals surface area contributed by atoms with Crippen LogP contribution in [0.1, 0.15) is 12.5 Å². The van der Waals surface area contributed by atoms with Crippen LogP contribution < -0.4 is 9.47 Å². The van der Waals surface area contributed by atoms with E-state index in [1.54, 1.807) is 6.92 Å². The lowest BCUT2D eigenvalue weighted by atomic mass is 10.1. The van der Waals surface area contributed by atoms with Gasteiger partial charge in [0.2, 0.25) is 0 Å². The van der Waals surface area contributed by atoms with E-state index < -0.39 is 5.97 Å². The Morgan fingerprint density at radius 3 is 2.41 bits per heavy atom. The Labute approximate surface area is 159 Å². The van der Waals surface area contributed by atoms with Crippen molar-refractivity contribution in [1.82, 2.24) is 0 Å². The van der Waals surface area contributed by atoms with Crippen molar-refractivity contribution in [2.45, 2.75) is 13.5 Å². The van der Waals surface area contributed by atoms with Crippen molar-refractivity contribution in [3.05, 3.63) is 84.4 Å². The molecule has 0 bridgehead atoms. The van der Waals surface area contributed by atoms with Crippen molar-refractivity contribution >= 4 is 16.7 Å². The Bertz CT molecular complexity index is 932. The van der Waals surface area contributed by atoms with Crippen LogP contribution in [0.25, 0.3) is 10.8 Å². The number of carbonyl (C=O) groups is 1. The van der Waals surface area contributed by atoms with Crippen molar-refractivity contribution < 1.29 is 19.0 Å². The Morgan fingerprint density at radius 1 is 0.889 bits per heavy atom. The van der Waals surface area contributed by atoms with E-state index in [-0.39, 0.29) is 13.2 Å². The van der Waals surface area contributed by atoms with Gasteiger partial charge in [-0.15, -0.1) is 0 Å². The van der Waals surface area contributed by atoms with Crippen LogP contribution in [-0.4, -0.2) is 19.2 Å². The second-order valence-electron chi connectivity index (χ2n) is 6.15. The number of ether oxygens (including phenoxy) is 3. The lowest BCUT2D eigenvalue weighted by molar-refractivity contribution is -0.139. The predicted octanol–water partition coefficient (Wildman–Crippen LogP) is 4.92. The highest BCUT2D eigenvalue weighted by molar-refractivity contribution is 5.90. The first kappa shape index (κ1) is 18.5. The molecule has 3 rings (SSSR count). The minimum Gasteiger partial charge on any atom is -0.486 e. The maximum absolute atomic E-state index is 11.5. The Hall–Kier alpha value is -3.27. The van der Waals surface area contributed by atoms with Gasteiger partial charge in [-0.25, -0.2) is 4.79 Å². The third kappa shape index (κ3) is 4.88. The molecule has 0 fully saturated rings. The highest BCUT2D eigenvalue weighted by Crippen LogP contribution is 2.36. The summed E-state index contributed by atoms with van der Waals surface area (Å²) in [5.41, 5.74) is 1.44. The SMILES string of the molecule is C=C(C)C(=O)OCCOc1ccc2ccccc2c1OCc1ccccc1. The van der Waals surface area contributed by atoms with E-state index in [1.165, 1.54) is 0 Å². The maximum atomic E-state index is 11.5. The Balaban J connectivity index is 1.75. The fraction of sp³-hybridized carbons (Fsp3) is 0.174. The van der Waals surface area contributed by atoms with Crippen molar-refractivity contribution in [2.24, 2.45) is 0 Å². The quantitative estimate of drug-likeness (QED) is 0.324. The van der Waals surface area contributed by atoms with Crippen LogP contribution in [0.3, 0.4) is 0 Å². The topological polar surface area (TPSA) is 44.8 Å². The van der Waals surface area contributed by atoms with E-state index in [4.69, 9.17) is 14.2 Å². The molecule has 0 saturated heterocycles. The molecule has 0 saturated carbocycles. The summed E-state index contributed by atoms with van der Waals surface area (Å²) in [5.74, 6) is 0.886. The van der Waals surface area contributed by atoms with Gasteiger partial charge in [-0.3, -0.25) is 0 Å². The summed E-state index contributed by atoms with van der Waals surface area (Å²) in [5, 5.41) is 2.05. The summed E-state index contributed by atoms with van der Waals surface area (Å²) in [7, 11) is 0. The number of esters is 1. The van der Waals surface area contributed by atoms with Gasteiger partial charge < -0.3 is 14.2 Å². The number of benzene rings is 3. The van der Waals surface area contributed by atoms with Crippen LogP contribution in [0.5, 0.6) is 11.5 Å². The lowest BCUT2D eigenvalue weighted by Crippen LogP contribution is -2.12. The summed E-state index contributed by atoms with van der Waals surface area (Å²) in [6.07, 6.45) is 0. The smallest absolute Gasteiger partial charge is 0.333 e. The standard InChI is InChI=1S/C23H22O4/c1-17(2)23(24)26-15-14-25-21-13-12-19-10-6-7-11-20(19)22(21)27-16-18-8-4-3-5-9-18/h3-13H,1,14-16H2,2H3. The van der Waals surface area contributed by atoms with Gasteiger partial charge in [0.05, 0.1) is 0 Å². The molecule has 4 nitrogen and oxygen atoms in total. The van der Waals surface area contributed by atoms with Crippen LogP contribution in [-0.2, 0) is 16.1 Å². The van der Waals surface area contributed by atoms with Crippen LogP contribution in [0.4, 0.5) is 0 Å². The van der Waals surface area contributed by atoms with Gasteiger partial charge in [0.15, 0.2) is 11.5 Å². The summed E-state index contributed by atoms with van der Waals surface area (Å²) >= 11 is 0. The predicted molar refractivity (Wildman–Crippen MR) is 106 cm³/mol. The van der Waals surface area contributed by atoms with Crippen LogP contribution in [0, 0.1) is 0 Å². The lowest BCUT2D eigenvalue weighted by Gasteiger charge is -2.15. The average Bonchev–Trinajstić information content (AvgIpc) is 2.70. The molecule has 0 aliphatic carbocycles. The van der Waals surface area contributed by atoms with Crippen LogP contribution >= 0.6 is 0 Å². The molecule has 0 amide bonds. The maximum Gasteiger partial charge on any atom is 0.333 e. The number of hydrogen-bond acceptors (Lipinski definition) is 4. The van der Waals surface area contributed by atoms with Crippen molar-refractivity contribution in [2.75, 3.05) is 13.2 Å². The number of hydrogen-bond donors (Lipinski definition) is 0. The third-order valence-electron chi connectivity index (χ3n) is 3.99. The minimum atomic E-state index is -0.419. The normalized spacial score (nSPS) is 10.4. The second kappa shape index (κ2) is 8.90. The highest BCUT2D eigenvalue weighted by Gasteiger charge is 2.11. The van der Waals surface area contributed by atoms with Gasteiger partial charge in [-0.2, -0.15) is 0 Å². The van der Waals surface area contributed by atoms with Crippen molar-refractivity contribution in [1.29, 1.82) is 0 Å². The molecule has 0 N–H and O–H groups in total. The zero-order valence-corrected chi connectivity index (χ0v) is 15.3. The minimum absolute atomic E-state index is 0.149. The molecule has 4 heteroatoms. The van der Waals surface area contributed by atoms with E-state index >= 15 is 0 Å². The Morgan fingerprint density at radius 2 is 1.63 bits per heavy atom. The first-order valence-corrected chi connectivity index (χ1v) is 8.79. The van der Waals surface area contributed by atoms with Crippen LogP contribution in [0.15, 0.2) is 78.9 Å². The molecule has 0 spiro atoms. The average molecular weight is 362 g/mol.